The van der Waals surface area contributed by atoms with E-state index in [4.69, 9.17) is 0 Å². The third-order valence-corrected chi connectivity index (χ3v) is 2.48. The number of rotatable bonds is 1. The van der Waals surface area contributed by atoms with E-state index in [1.807, 2.05) is 32.9 Å². The molecule has 0 saturated carbocycles. The summed E-state index contributed by atoms with van der Waals surface area (Å²) in [6.07, 6.45) is 1.69. The van der Waals surface area contributed by atoms with Crippen molar-refractivity contribution in [1.29, 1.82) is 0 Å². The molecule has 1 heterocycles. The Bertz CT molecular complexity index is 377. The topological polar surface area (TPSA) is 30.0 Å². The first-order chi connectivity index (χ1) is 7.12. The van der Waals surface area contributed by atoms with Gasteiger partial charge in [0.15, 0.2) is 5.78 Å². The minimum Gasteiger partial charge on any atom is -0.294 e. The second-order valence-corrected chi connectivity index (χ2v) is 6.26. The van der Waals surface area contributed by atoms with E-state index < -0.39 is 0 Å². The number of hydrogen-bond acceptors (Lipinski definition) is 2. The third kappa shape index (κ3) is 2.91. The smallest absolute Gasteiger partial charge is 0.169 e. The van der Waals surface area contributed by atoms with E-state index in [1.54, 1.807) is 6.20 Å². The van der Waals surface area contributed by atoms with Gasteiger partial charge in [-0.05, 0) is 12.1 Å². The summed E-state index contributed by atoms with van der Waals surface area (Å²) in [5, 5.41) is 0. The van der Waals surface area contributed by atoms with Crippen molar-refractivity contribution in [2.24, 2.45) is 5.41 Å². The van der Waals surface area contributed by atoms with Gasteiger partial charge < -0.3 is 0 Å². The number of nitrogens with zero attached hydrogens (tertiary/aromatic N) is 1. The van der Waals surface area contributed by atoms with Crippen molar-refractivity contribution in [2.45, 2.75) is 47.0 Å². The van der Waals surface area contributed by atoms with Crippen LogP contribution in [0.3, 0.4) is 0 Å². The minimum atomic E-state index is -0.342. The van der Waals surface area contributed by atoms with E-state index in [-0.39, 0.29) is 16.6 Å². The van der Waals surface area contributed by atoms with Gasteiger partial charge in [0, 0.05) is 28.3 Å². The molecule has 0 aliphatic carbocycles. The van der Waals surface area contributed by atoms with Crippen LogP contribution in [-0.4, -0.2) is 10.8 Å². The number of hydrogen-bond donors (Lipinski definition) is 0. The molecular weight excluding hydrogens is 198 g/mol. The Morgan fingerprint density at radius 1 is 1.06 bits per heavy atom. The maximum atomic E-state index is 12.0. The zero-order chi connectivity index (χ0) is 12.6. The van der Waals surface area contributed by atoms with E-state index in [2.05, 4.69) is 25.8 Å². The molecule has 0 aromatic carbocycles. The van der Waals surface area contributed by atoms with Crippen LogP contribution in [-0.2, 0) is 5.41 Å². The summed E-state index contributed by atoms with van der Waals surface area (Å²) in [5.41, 5.74) is 1.40. The van der Waals surface area contributed by atoms with E-state index in [9.17, 15) is 4.79 Å². The van der Waals surface area contributed by atoms with Crippen LogP contribution in [0.25, 0.3) is 0 Å². The van der Waals surface area contributed by atoms with Crippen molar-refractivity contribution in [3.8, 4) is 0 Å². The fraction of sp³-hybridized carbons (Fsp3) is 0.571. The second kappa shape index (κ2) is 4.00. The van der Waals surface area contributed by atoms with Gasteiger partial charge in [-0.25, -0.2) is 0 Å². The van der Waals surface area contributed by atoms with Crippen molar-refractivity contribution < 1.29 is 4.79 Å². The molecule has 2 nitrogen and oxygen atoms in total. The van der Waals surface area contributed by atoms with Gasteiger partial charge in [-0.1, -0.05) is 41.5 Å². The number of pyridine rings is 1. The summed E-state index contributed by atoms with van der Waals surface area (Å²) in [6.45, 7) is 12.1. The first-order valence-corrected chi connectivity index (χ1v) is 5.64. The molecule has 0 spiro atoms. The monoisotopic (exact) mass is 219 g/mol. The Morgan fingerprint density at radius 2 is 1.62 bits per heavy atom. The van der Waals surface area contributed by atoms with Crippen LogP contribution in [0.1, 0.15) is 57.6 Å². The molecule has 16 heavy (non-hydrogen) atoms. The van der Waals surface area contributed by atoms with Crippen LogP contribution in [0.2, 0.25) is 0 Å². The Kier molecular flexibility index (Phi) is 3.22. The van der Waals surface area contributed by atoms with E-state index in [0.717, 1.165) is 5.69 Å². The molecule has 1 aromatic rings. The van der Waals surface area contributed by atoms with Gasteiger partial charge in [-0.2, -0.15) is 0 Å². The van der Waals surface area contributed by atoms with Crippen molar-refractivity contribution in [1.82, 2.24) is 4.98 Å². The first-order valence-electron chi connectivity index (χ1n) is 5.64. The van der Waals surface area contributed by atoms with Crippen molar-refractivity contribution in [3.05, 3.63) is 29.6 Å². The molecule has 0 bridgehead atoms. The average Bonchev–Trinajstić information content (AvgIpc) is 2.14. The predicted molar refractivity (Wildman–Crippen MR) is 66.7 cm³/mol. The van der Waals surface area contributed by atoms with Crippen LogP contribution in [0.15, 0.2) is 18.3 Å². The molecule has 0 N–H and O–H groups in total. The molecule has 0 amide bonds. The molecule has 0 aliphatic rings. The lowest BCUT2D eigenvalue weighted by Gasteiger charge is -2.19. The average molecular weight is 219 g/mol. The summed E-state index contributed by atoms with van der Waals surface area (Å²) in [6, 6.07) is 3.82. The number of carbonyl (C=O) groups excluding carboxylic acids is 1. The first kappa shape index (κ1) is 12.9. The highest BCUT2D eigenvalue weighted by Crippen LogP contribution is 2.23. The summed E-state index contributed by atoms with van der Waals surface area (Å²) in [5.74, 6) is 0.139. The summed E-state index contributed by atoms with van der Waals surface area (Å²) >= 11 is 0. The number of aromatic nitrogens is 1. The number of carbonyl (C=O) groups is 1. The van der Waals surface area contributed by atoms with Crippen LogP contribution in [0, 0.1) is 5.41 Å². The summed E-state index contributed by atoms with van der Waals surface area (Å²) in [7, 11) is 0. The minimum absolute atomic E-state index is 0.0311. The molecule has 0 radical (unpaired) electrons. The molecule has 1 rings (SSSR count). The maximum Gasteiger partial charge on any atom is 0.169 e. The highest BCUT2D eigenvalue weighted by atomic mass is 16.1. The zero-order valence-electron chi connectivity index (χ0n) is 11.1. The molecule has 0 saturated heterocycles. The van der Waals surface area contributed by atoms with Gasteiger partial charge >= 0.3 is 0 Å². The fourth-order valence-electron chi connectivity index (χ4n) is 1.40. The number of ketones is 1. The van der Waals surface area contributed by atoms with Gasteiger partial charge in [-0.15, -0.1) is 0 Å². The van der Waals surface area contributed by atoms with Crippen LogP contribution in [0.4, 0.5) is 0 Å². The predicted octanol–water partition coefficient (Wildman–Crippen LogP) is 3.61. The van der Waals surface area contributed by atoms with Gasteiger partial charge in [0.2, 0.25) is 0 Å². The lowest BCUT2D eigenvalue weighted by atomic mass is 9.86. The standard InChI is InChI=1S/C14H21NO/c1-13(2,3)11-8-7-10(9-15-11)12(16)14(4,5)6/h7-9H,1-6H3. The van der Waals surface area contributed by atoms with E-state index in [1.165, 1.54) is 0 Å². The molecule has 0 fully saturated rings. The molecule has 0 unspecified atom stereocenters. The van der Waals surface area contributed by atoms with Crippen molar-refractivity contribution >= 4 is 5.78 Å². The van der Waals surface area contributed by atoms with Gasteiger partial charge in [0.05, 0.1) is 0 Å². The maximum absolute atomic E-state index is 12.0. The number of Topliss-reactive ketones (excluding diaryl/α,β-unsaturated/α-hetero) is 1. The van der Waals surface area contributed by atoms with Gasteiger partial charge in [-0.3, -0.25) is 9.78 Å². The lowest BCUT2D eigenvalue weighted by molar-refractivity contribution is 0.0858. The fourth-order valence-corrected chi connectivity index (χ4v) is 1.40. The van der Waals surface area contributed by atoms with Crippen LogP contribution >= 0.6 is 0 Å². The van der Waals surface area contributed by atoms with Crippen molar-refractivity contribution in [2.75, 3.05) is 0 Å². The largest absolute Gasteiger partial charge is 0.294 e. The SMILES string of the molecule is CC(C)(C)C(=O)c1ccc(C(C)(C)C)nc1. The Labute approximate surface area is 98.1 Å². The van der Waals surface area contributed by atoms with E-state index >= 15 is 0 Å². The summed E-state index contributed by atoms with van der Waals surface area (Å²) in [4.78, 5) is 16.4. The normalized spacial score (nSPS) is 12.6. The highest BCUT2D eigenvalue weighted by Gasteiger charge is 2.23. The summed E-state index contributed by atoms with van der Waals surface area (Å²) < 4.78 is 0. The van der Waals surface area contributed by atoms with E-state index in [0.29, 0.717) is 5.56 Å². The van der Waals surface area contributed by atoms with Crippen LogP contribution in [0.5, 0.6) is 0 Å². The van der Waals surface area contributed by atoms with Crippen molar-refractivity contribution in [3.63, 3.8) is 0 Å². The molecule has 1 aromatic heterocycles. The third-order valence-electron chi connectivity index (χ3n) is 2.48. The van der Waals surface area contributed by atoms with Gasteiger partial charge in [0.1, 0.15) is 0 Å². The zero-order valence-corrected chi connectivity index (χ0v) is 11.1. The lowest BCUT2D eigenvalue weighted by Crippen LogP contribution is -2.21. The second-order valence-electron chi connectivity index (χ2n) is 6.26. The Morgan fingerprint density at radius 3 is 1.94 bits per heavy atom. The molecule has 0 atom stereocenters. The molecule has 0 aliphatic heterocycles. The molecular formula is C14H21NO. The van der Waals surface area contributed by atoms with Crippen LogP contribution < -0.4 is 0 Å². The molecule has 2 heteroatoms. The van der Waals surface area contributed by atoms with Gasteiger partial charge in [0.25, 0.3) is 0 Å². The molecule has 88 valence electrons. The Hall–Kier alpha value is -1.18. The quantitative estimate of drug-likeness (QED) is 0.675. The highest BCUT2D eigenvalue weighted by molar-refractivity contribution is 5.99. The Balaban J connectivity index is 3.01.